The lowest BCUT2D eigenvalue weighted by Crippen LogP contribution is -2.32. The van der Waals surface area contributed by atoms with Crippen molar-refractivity contribution in [3.8, 4) is 28.5 Å². The number of benzene rings is 2. The van der Waals surface area contributed by atoms with E-state index in [0.29, 0.717) is 47.2 Å². The van der Waals surface area contributed by atoms with Crippen LogP contribution in [0.15, 0.2) is 42.5 Å². The van der Waals surface area contributed by atoms with Gasteiger partial charge in [-0.2, -0.15) is 5.10 Å². The summed E-state index contributed by atoms with van der Waals surface area (Å²) in [5, 5.41) is 27.2. The molecule has 4 rings (SSSR count). The van der Waals surface area contributed by atoms with Crippen LogP contribution in [0.5, 0.6) is 17.2 Å². The topological polar surface area (TPSA) is 108 Å². The molecule has 3 aromatic rings. The molecule has 1 aromatic heterocycles. The first-order valence-corrected chi connectivity index (χ1v) is 10.8. The van der Waals surface area contributed by atoms with E-state index in [9.17, 15) is 15.0 Å². The average molecular weight is 437 g/mol. The number of hydrogen-bond acceptors (Lipinski definition) is 6. The number of aromatic amines is 1. The third kappa shape index (κ3) is 3.78. The van der Waals surface area contributed by atoms with Crippen LogP contribution < -0.4 is 9.47 Å². The third-order valence-electron chi connectivity index (χ3n) is 5.41. The van der Waals surface area contributed by atoms with Crippen molar-refractivity contribution >= 4 is 5.91 Å². The number of para-hydroxylation sites is 1. The first-order chi connectivity index (χ1) is 15.6. The predicted molar refractivity (Wildman–Crippen MR) is 119 cm³/mol. The summed E-state index contributed by atoms with van der Waals surface area (Å²) in [7, 11) is 0. The Bertz CT molecular complexity index is 1110. The highest BCUT2D eigenvalue weighted by molar-refractivity contribution is 6.00. The molecule has 2 aromatic carbocycles. The van der Waals surface area contributed by atoms with Crippen LogP contribution >= 0.6 is 0 Å². The molecule has 3 N–H and O–H groups in total. The van der Waals surface area contributed by atoms with Crippen molar-refractivity contribution in [3.05, 3.63) is 59.3 Å². The predicted octanol–water partition coefficient (Wildman–Crippen LogP) is 3.51. The maximum absolute atomic E-state index is 13.1. The Labute approximate surface area is 186 Å². The molecule has 1 amide bonds. The van der Waals surface area contributed by atoms with Crippen LogP contribution in [0.2, 0.25) is 0 Å². The summed E-state index contributed by atoms with van der Waals surface area (Å²) in [5.74, 6) is 1.06. The van der Waals surface area contributed by atoms with E-state index in [4.69, 9.17) is 9.47 Å². The van der Waals surface area contributed by atoms with Crippen molar-refractivity contribution in [1.82, 2.24) is 15.1 Å². The van der Waals surface area contributed by atoms with E-state index < -0.39 is 6.04 Å². The van der Waals surface area contributed by atoms with Gasteiger partial charge in [-0.05, 0) is 43.2 Å². The van der Waals surface area contributed by atoms with E-state index in [1.807, 2.05) is 32.0 Å². The fraction of sp³-hybridized carbons (Fsp3) is 0.333. The van der Waals surface area contributed by atoms with Crippen molar-refractivity contribution in [2.45, 2.75) is 26.3 Å². The Morgan fingerprint density at radius 2 is 1.94 bits per heavy atom. The molecular weight excluding hydrogens is 410 g/mol. The number of nitrogens with one attached hydrogen (secondary N) is 1. The molecule has 0 radical (unpaired) electrons. The number of H-pyrrole nitrogens is 1. The number of aliphatic hydroxyl groups excluding tert-OH is 1. The minimum Gasteiger partial charge on any atom is -0.507 e. The number of aliphatic hydroxyl groups is 1. The van der Waals surface area contributed by atoms with Crippen LogP contribution in [-0.4, -0.2) is 57.6 Å². The van der Waals surface area contributed by atoms with Gasteiger partial charge in [0.25, 0.3) is 5.91 Å². The molecule has 0 unspecified atom stereocenters. The number of carbonyl (C=O) groups excluding carboxylic acids is 1. The van der Waals surface area contributed by atoms with Gasteiger partial charge in [0.15, 0.2) is 11.5 Å². The number of nitrogens with zero attached hydrogens (tertiary/aromatic N) is 2. The van der Waals surface area contributed by atoms with Crippen LogP contribution in [0, 0.1) is 0 Å². The monoisotopic (exact) mass is 437 g/mol. The van der Waals surface area contributed by atoms with Crippen molar-refractivity contribution < 1.29 is 24.5 Å². The quantitative estimate of drug-likeness (QED) is 0.473. The normalized spacial score (nSPS) is 15.2. The zero-order valence-electron chi connectivity index (χ0n) is 18.2. The molecule has 0 saturated heterocycles. The van der Waals surface area contributed by atoms with E-state index in [0.717, 1.165) is 12.0 Å². The lowest BCUT2D eigenvalue weighted by molar-refractivity contribution is 0.0706. The molecule has 0 bridgehead atoms. The Morgan fingerprint density at radius 1 is 1.12 bits per heavy atom. The molecule has 8 heteroatoms. The summed E-state index contributed by atoms with van der Waals surface area (Å²) < 4.78 is 11.6. The lowest BCUT2D eigenvalue weighted by Gasteiger charge is -2.26. The van der Waals surface area contributed by atoms with Gasteiger partial charge in [-0.1, -0.05) is 25.1 Å². The highest BCUT2D eigenvalue weighted by Crippen LogP contribution is 2.45. The number of phenols is 1. The standard InChI is InChI=1S/C24H27N3O5/c1-3-13-32-18-10-9-15(14-19(18)31-4-2)23-20-21(16-7-5-6-8-17(16)29)25-26-22(20)24(30)27(23)11-12-28/h5-10,14,23,28-29H,3-4,11-13H2,1-2H3,(H,25,26)/t23-/m1/s1. The first kappa shape index (κ1) is 21.7. The molecular formula is C24H27N3O5. The summed E-state index contributed by atoms with van der Waals surface area (Å²) in [6.07, 6.45) is 0.872. The van der Waals surface area contributed by atoms with Crippen LogP contribution in [0.25, 0.3) is 11.3 Å². The number of ether oxygens (including phenoxy) is 2. The highest BCUT2D eigenvalue weighted by Gasteiger charge is 2.42. The molecule has 0 fully saturated rings. The molecule has 1 atom stereocenters. The molecule has 0 spiro atoms. The summed E-state index contributed by atoms with van der Waals surface area (Å²) in [6, 6.07) is 12.0. The summed E-state index contributed by atoms with van der Waals surface area (Å²) in [5.41, 5.74) is 2.85. The fourth-order valence-electron chi connectivity index (χ4n) is 4.06. The minimum atomic E-state index is -0.502. The second-order valence-corrected chi connectivity index (χ2v) is 7.49. The number of aromatic nitrogens is 2. The van der Waals surface area contributed by atoms with Crippen LogP contribution in [0.4, 0.5) is 0 Å². The number of amides is 1. The molecule has 2 heterocycles. The number of aromatic hydroxyl groups is 1. The Kier molecular flexibility index (Phi) is 6.32. The number of fused-ring (bicyclic) bond motifs is 1. The van der Waals surface area contributed by atoms with Crippen LogP contribution in [-0.2, 0) is 0 Å². The Hall–Kier alpha value is -3.52. The lowest BCUT2D eigenvalue weighted by atomic mass is 9.95. The highest BCUT2D eigenvalue weighted by atomic mass is 16.5. The number of carbonyl (C=O) groups is 1. The van der Waals surface area contributed by atoms with Gasteiger partial charge in [-0.15, -0.1) is 0 Å². The van der Waals surface area contributed by atoms with Crippen molar-refractivity contribution in [1.29, 1.82) is 0 Å². The van der Waals surface area contributed by atoms with E-state index in [1.165, 1.54) is 0 Å². The van der Waals surface area contributed by atoms with Gasteiger partial charge >= 0.3 is 0 Å². The zero-order valence-corrected chi connectivity index (χ0v) is 18.2. The largest absolute Gasteiger partial charge is 0.507 e. The van der Waals surface area contributed by atoms with Gasteiger partial charge in [0.1, 0.15) is 17.1 Å². The van der Waals surface area contributed by atoms with Gasteiger partial charge in [0.2, 0.25) is 0 Å². The maximum Gasteiger partial charge on any atom is 0.273 e. The molecule has 1 aliphatic rings. The Morgan fingerprint density at radius 3 is 2.66 bits per heavy atom. The molecule has 1 aliphatic heterocycles. The molecule has 0 saturated carbocycles. The van der Waals surface area contributed by atoms with Gasteiger partial charge < -0.3 is 24.6 Å². The summed E-state index contributed by atoms with van der Waals surface area (Å²) in [4.78, 5) is 14.7. The average Bonchev–Trinajstić information content (AvgIpc) is 3.33. The summed E-state index contributed by atoms with van der Waals surface area (Å²) >= 11 is 0. The zero-order chi connectivity index (χ0) is 22.7. The van der Waals surface area contributed by atoms with E-state index in [-0.39, 0.29) is 24.8 Å². The number of rotatable bonds is 9. The van der Waals surface area contributed by atoms with Crippen LogP contribution in [0.1, 0.15) is 47.9 Å². The van der Waals surface area contributed by atoms with Gasteiger partial charge in [0.05, 0.1) is 25.9 Å². The molecule has 8 nitrogen and oxygen atoms in total. The minimum absolute atomic E-state index is 0.0759. The van der Waals surface area contributed by atoms with Gasteiger partial charge in [-0.25, -0.2) is 0 Å². The first-order valence-electron chi connectivity index (χ1n) is 10.8. The second-order valence-electron chi connectivity index (χ2n) is 7.49. The number of hydrogen-bond donors (Lipinski definition) is 3. The smallest absolute Gasteiger partial charge is 0.273 e. The third-order valence-corrected chi connectivity index (χ3v) is 5.41. The molecule has 32 heavy (non-hydrogen) atoms. The molecule has 0 aliphatic carbocycles. The fourth-order valence-corrected chi connectivity index (χ4v) is 4.06. The second kappa shape index (κ2) is 9.32. The number of β-amino-alcohol motifs (C(OH)–C–C–N with tert-alkyl or cyclic N) is 1. The van der Waals surface area contributed by atoms with Crippen molar-refractivity contribution in [2.24, 2.45) is 0 Å². The van der Waals surface area contributed by atoms with Crippen molar-refractivity contribution in [3.63, 3.8) is 0 Å². The summed E-state index contributed by atoms with van der Waals surface area (Å²) in [6.45, 7) is 4.95. The maximum atomic E-state index is 13.1. The van der Waals surface area contributed by atoms with E-state index in [1.54, 1.807) is 29.2 Å². The van der Waals surface area contributed by atoms with Crippen LogP contribution in [0.3, 0.4) is 0 Å². The SMILES string of the molecule is CCCOc1ccc([C@@H]2c3c(-c4ccccc4O)n[nH]c3C(=O)N2CCO)cc1OCC. The van der Waals surface area contributed by atoms with E-state index in [2.05, 4.69) is 10.2 Å². The van der Waals surface area contributed by atoms with Gasteiger partial charge in [0, 0.05) is 17.7 Å². The number of phenolic OH excluding ortho intramolecular Hbond substituents is 1. The van der Waals surface area contributed by atoms with Crippen molar-refractivity contribution in [2.75, 3.05) is 26.4 Å². The van der Waals surface area contributed by atoms with E-state index >= 15 is 0 Å². The Balaban J connectivity index is 1.85. The van der Waals surface area contributed by atoms with Gasteiger partial charge in [-0.3, -0.25) is 9.89 Å². The molecule has 168 valence electrons.